The molecule has 178 valence electrons. The molecular weight excluding hydrogens is 486 g/mol. The Hall–Kier alpha value is -1.98. The van der Waals surface area contributed by atoms with Gasteiger partial charge in [0.1, 0.15) is 0 Å². The zero-order valence-corrected chi connectivity index (χ0v) is 20.8. The molecule has 11 heteroatoms. The minimum atomic E-state index is -3.73. The lowest BCUT2D eigenvalue weighted by molar-refractivity contribution is -0.123. The number of benzene rings is 2. The summed E-state index contributed by atoms with van der Waals surface area (Å²) >= 11 is 5.88. The molecule has 4 rings (SSSR count). The summed E-state index contributed by atoms with van der Waals surface area (Å²) in [7, 11) is -4.33. The normalized spacial score (nSPS) is 19.6. The van der Waals surface area contributed by atoms with E-state index in [1.165, 1.54) is 48.7 Å². The van der Waals surface area contributed by atoms with Crippen LogP contribution in [0.5, 0.6) is 0 Å². The van der Waals surface area contributed by atoms with E-state index in [-0.39, 0.29) is 22.2 Å². The van der Waals surface area contributed by atoms with Gasteiger partial charge in [0, 0.05) is 44.4 Å². The highest BCUT2D eigenvalue weighted by atomic mass is 35.5. The van der Waals surface area contributed by atoms with Gasteiger partial charge in [-0.2, -0.15) is 4.31 Å². The largest absolute Gasteiger partial charge is 0.312 e. The molecule has 0 aliphatic carbocycles. The Labute approximate surface area is 199 Å². The number of sulfonamides is 2. The summed E-state index contributed by atoms with van der Waals surface area (Å²) in [5.74, 6) is -0.593. The molecule has 0 saturated carbocycles. The van der Waals surface area contributed by atoms with Crippen molar-refractivity contribution in [2.24, 2.45) is 5.92 Å². The van der Waals surface area contributed by atoms with Crippen LogP contribution in [0, 0.1) is 5.92 Å². The monoisotopic (exact) mass is 511 g/mol. The third-order valence-electron chi connectivity index (χ3n) is 6.18. The van der Waals surface area contributed by atoms with Crippen molar-refractivity contribution in [2.45, 2.75) is 29.1 Å². The Morgan fingerprint density at radius 1 is 1.00 bits per heavy atom. The summed E-state index contributed by atoms with van der Waals surface area (Å²) in [6, 6.07) is 10.8. The number of anilines is 1. The molecule has 1 saturated heterocycles. The van der Waals surface area contributed by atoms with E-state index in [1.807, 2.05) is 0 Å². The van der Waals surface area contributed by atoms with E-state index in [0.717, 1.165) is 9.87 Å². The average molecular weight is 512 g/mol. The predicted molar refractivity (Wildman–Crippen MR) is 126 cm³/mol. The van der Waals surface area contributed by atoms with Gasteiger partial charge in [0.25, 0.3) is 0 Å². The van der Waals surface area contributed by atoms with Gasteiger partial charge in [-0.25, -0.2) is 21.1 Å². The zero-order chi connectivity index (χ0) is 24.0. The Morgan fingerprint density at radius 3 is 2.33 bits per heavy atom. The van der Waals surface area contributed by atoms with Gasteiger partial charge in [0.05, 0.1) is 15.7 Å². The molecule has 1 atom stereocenters. The molecule has 1 fully saturated rings. The van der Waals surface area contributed by atoms with Gasteiger partial charge in [0.15, 0.2) is 0 Å². The van der Waals surface area contributed by atoms with Crippen molar-refractivity contribution in [1.29, 1.82) is 0 Å². The third kappa shape index (κ3) is 4.54. The quantitative estimate of drug-likeness (QED) is 0.615. The maximum absolute atomic E-state index is 13.4. The van der Waals surface area contributed by atoms with Gasteiger partial charge in [0.2, 0.25) is 26.0 Å². The molecule has 2 aliphatic rings. The molecule has 0 spiro atoms. The van der Waals surface area contributed by atoms with E-state index in [0.29, 0.717) is 43.1 Å². The molecule has 2 aromatic rings. The fraction of sp³-hybridized carbons (Fsp3) is 0.409. The van der Waals surface area contributed by atoms with Crippen LogP contribution >= 0.6 is 11.6 Å². The molecule has 8 nitrogen and oxygen atoms in total. The molecule has 0 unspecified atom stereocenters. The summed E-state index contributed by atoms with van der Waals surface area (Å²) < 4.78 is 53.5. The van der Waals surface area contributed by atoms with E-state index >= 15 is 0 Å². The number of carbonyl (C=O) groups excluding carboxylic acids is 1. The number of hydrogen-bond acceptors (Lipinski definition) is 5. The van der Waals surface area contributed by atoms with Crippen LogP contribution in [0.3, 0.4) is 0 Å². The third-order valence-corrected chi connectivity index (χ3v) is 10.1. The Kier molecular flexibility index (Phi) is 6.58. The molecule has 0 aromatic heterocycles. The first-order valence-electron chi connectivity index (χ1n) is 10.6. The highest BCUT2D eigenvalue weighted by molar-refractivity contribution is 7.89. The second-order valence-electron chi connectivity index (χ2n) is 8.47. The van der Waals surface area contributed by atoms with E-state index in [1.54, 1.807) is 17.0 Å². The lowest BCUT2D eigenvalue weighted by Gasteiger charge is -2.33. The van der Waals surface area contributed by atoms with Crippen molar-refractivity contribution in [3.8, 4) is 0 Å². The first kappa shape index (κ1) is 24.2. The molecular formula is C22H26ClN3O5S2. The number of halogens is 1. The molecule has 2 aliphatic heterocycles. The van der Waals surface area contributed by atoms with E-state index in [9.17, 15) is 21.6 Å². The maximum atomic E-state index is 13.4. The Bertz CT molecular complexity index is 1280. The van der Waals surface area contributed by atoms with Crippen LogP contribution in [0.4, 0.5) is 5.69 Å². The van der Waals surface area contributed by atoms with Crippen LogP contribution in [-0.2, 0) is 31.3 Å². The molecule has 0 bridgehead atoms. The fourth-order valence-electron chi connectivity index (χ4n) is 4.32. The van der Waals surface area contributed by atoms with Gasteiger partial charge in [-0.15, -0.1) is 0 Å². The van der Waals surface area contributed by atoms with Gasteiger partial charge >= 0.3 is 0 Å². The minimum absolute atomic E-state index is 0.114. The summed E-state index contributed by atoms with van der Waals surface area (Å²) in [6.07, 6.45) is 1.74. The number of amides is 1. The van der Waals surface area contributed by atoms with Crippen LogP contribution in [0.15, 0.2) is 52.3 Å². The maximum Gasteiger partial charge on any atom is 0.243 e. The van der Waals surface area contributed by atoms with Crippen LogP contribution in [0.25, 0.3) is 0 Å². The number of piperidine rings is 1. The van der Waals surface area contributed by atoms with Crippen LogP contribution in [0.2, 0.25) is 5.02 Å². The summed E-state index contributed by atoms with van der Waals surface area (Å²) in [5, 5.41) is 0.454. The molecule has 0 radical (unpaired) electrons. The van der Waals surface area contributed by atoms with E-state index < -0.39 is 26.0 Å². The molecule has 1 amide bonds. The number of fused-ring (bicyclic) bond motifs is 1. The number of nitrogens with zero attached hydrogens (tertiary/aromatic N) is 3. The second-order valence-corrected chi connectivity index (χ2v) is 13.0. The van der Waals surface area contributed by atoms with E-state index in [2.05, 4.69) is 0 Å². The van der Waals surface area contributed by atoms with Crippen LogP contribution in [0.1, 0.15) is 18.4 Å². The first-order chi connectivity index (χ1) is 15.5. The predicted octanol–water partition coefficient (Wildman–Crippen LogP) is 2.58. The lowest BCUT2D eigenvalue weighted by atomic mass is 9.98. The second kappa shape index (κ2) is 8.99. The van der Waals surface area contributed by atoms with Gasteiger partial charge < -0.3 is 4.90 Å². The lowest BCUT2D eigenvalue weighted by Crippen LogP contribution is -2.46. The van der Waals surface area contributed by atoms with Crippen molar-refractivity contribution >= 4 is 43.2 Å². The average Bonchev–Trinajstić information content (AvgIpc) is 3.22. The molecule has 2 aromatic carbocycles. The highest BCUT2D eigenvalue weighted by Crippen LogP contribution is 2.34. The molecule has 0 N–H and O–H groups in total. The number of carbonyl (C=O) groups is 1. The summed E-state index contributed by atoms with van der Waals surface area (Å²) in [5.41, 5.74) is 1.49. The number of rotatable bonds is 5. The van der Waals surface area contributed by atoms with Crippen LogP contribution < -0.4 is 4.90 Å². The SMILES string of the molecule is CN(C)S(=O)(=O)c1ccc2c(c1)CCN2C(=O)[C@@H]1CCCN(S(=O)(=O)c2ccc(Cl)cc2)C1. The molecule has 2 heterocycles. The van der Waals surface area contributed by atoms with Gasteiger partial charge in [-0.05, 0) is 67.3 Å². The highest BCUT2D eigenvalue weighted by Gasteiger charge is 2.37. The number of hydrogen-bond donors (Lipinski definition) is 0. The smallest absolute Gasteiger partial charge is 0.243 e. The van der Waals surface area contributed by atoms with E-state index in [4.69, 9.17) is 11.6 Å². The Morgan fingerprint density at radius 2 is 1.67 bits per heavy atom. The van der Waals surface area contributed by atoms with Crippen molar-refractivity contribution in [3.63, 3.8) is 0 Å². The Balaban J connectivity index is 1.53. The topological polar surface area (TPSA) is 95.1 Å². The molecule has 33 heavy (non-hydrogen) atoms. The first-order valence-corrected chi connectivity index (χ1v) is 13.9. The van der Waals surface area contributed by atoms with Gasteiger partial charge in [-0.1, -0.05) is 11.6 Å². The van der Waals surface area contributed by atoms with Crippen molar-refractivity contribution < 1.29 is 21.6 Å². The van der Waals surface area contributed by atoms with Crippen LogP contribution in [-0.4, -0.2) is 65.1 Å². The minimum Gasteiger partial charge on any atom is -0.312 e. The summed E-state index contributed by atoms with van der Waals surface area (Å²) in [4.78, 5) is 15.4. The van der Waals surface area contributed by atoms with Crippen molar-refractivity contribution in [2.75, 3.05) is 38.6 Å². The van der Waals surface area contributed by atoms with Crippen molar-refractivity contribution in [1.82, 2.24) is 8.61 Å². The summed E-state index contributed by atoms with van der Waals surface area (Å²) in [6.45, 7) is 0.917. The zero-order valence-electron chi connectivity index (χ0n) is 18.4. The van der Waals surface area contributed by atoms with Crippen molar-refractivity contribution in [3.05, 3.63) is 53.1 Å². The van der Waals surface area contributed by atoms with Gasteiger partial charge in [-0.3, -0.25) is 4.79 Å². The standard InChI is InChI=1S/C22H26ClN3O5S2/c1-24(2)32(28,29)20-9-10-21-16(14-20)11-13-26(21)22(27)17-4-3-12-25(15-17)33(30,31)19-7-5-18(23)6-8-19/h5-10,14,17H,3-4,11-13,15H2,1-2H3/t17-/m1/s1. The fourth-order valence-corrected chi connectivity index (χ4v) is 6.92.